The highest BCUT2D eigenvalue weighted by Crippen LogP contribution is 2.19. The van der Waals surface area contributed by atoms with Gasteiger partial charge in [-0.15, -0.1) is 0 Å². The van der Waals surface area contributed by atoms with Gasteiger partial charge in [-0.05, 0) is 63.4 Å². The predicted molar refractivity (Wildman–Crippen MR) is 122 cm³/mol. The van der Waals surface area contributed by atoms with Crippen LogP contribution in [0.5, 0.6) is 0 Å². The molecule has 2 saturated heterocycles. The third kappa shape index (κ3) is 6.61. The lowest BCUT2D eigenvalue weighted by Gasteiger charge is -2.38. The summed E-state index contributed by atoms with van der Waals surface area (Å²) in [5, 5.41) is 3.52. The Labute approximate surface area is 176 Å². The van der Waals surface area contributed by atoms with E-state index in [-0.39, 0.29) is 0 Å². The van der Waals surface area contributed by atoms with Crippen molar-refractivity contribution < 1.29 is 4.74 Å². The number of aryl methyl sites for hydroxylation is 1. The summed E-state index contributed by atoms with van der Waals surface area (Å²) in [6.07, 6.45) is 2.49. The number of piperidine rings is 1. The summed E-state index contributed by atoms with van der Waals surface area (Å²) in [4.78, 5) is 12.5. The molecule has 0 amide bonds. The first-order chi connectivity index (χ1) is 14.2. The molecule has 29 heavy (non-hydrogen) atoms. The lowest BCUT2D eigenvalue weighted by Crippen LogP contribution is -2.52. The van der Waals surface area contributed by atoms with Crippen LogP contribution in [-0.2, 0) is 4.74 Å². The first-order valence-electron chi connectivity index (χ1n) is 11.3. The number of nitrogens with zero attached hydrogens (tertiary/aromatic N) is 4. The summed E-state index contributed by atoms with van der Waals surface area (Å²) in [6.45, 7) is 14.6. The molecule has 1 aromatic carbocycles. The zero-order chi connectivity index (χ0) is 20.5. The second kappa shape index (κ2) is 11.4. The van der Waals surface area contributed by atoms with Crippen LogP contribution in [0.2, 0.25) is 0 Å². The molecule has 0 spiro atoms. The van der Waals surface area contributed by atoms with E-state index in [2.05, 4.69) is 58.1 Å². The van der Waals surface area contributed by atoms with Crippen molar-refractivity contribution in [2.75, 3.05) is 77.5 Å². The Morgan fingerprint density at radius 2 is 1.90 bits per heavy atom. The quantitative estimate of drug-likeness (QED) is 0.562. The Morgan fingerprint density at radius 3 is 2.55 bits per heavy atom. The fraction of sp³-hybridized carbons (Fsp3) is 0.696. The zero-order valence-corrected chi connectivity index (χ0v) is 18.6. The van der Waals surface area contributed by atoms with E-state index in [1.807, 2.05) is 0 Å². The molecule has 0 aliphatic carbocycles. The number of piperazine rings is 1. The Morgan fingerprint density at radius 1 is 1.14 bits per heavy atom. The lowest BCUT2D eigenvalue weighted by molar-refractivity contribution is 0.121. The molecule has 0 aromatic heterocycles. The topological polar surface area (TPSA) is 43.3 Å². The number of ether oxygens (including phenoxy) is 1. The molecule has 1 N–H and O–H groups in total. The second-order valence-corrected chi connectivity index (χ2v) is 8.29. The number of methoxy groups -OCH3 is 1. The number of hydrogen-bond acceptors (Lipinski definition) is 4. The van der Waals surface area contributed by atoms with Crippen molar-refractivity contribution in [3.05, 3.63) is 29.8 Å². The molecule has 2 aliphatic rings. The summed E-state index contributed by atoms with van der Waals surface area (Å²) >= 11 is 0. The molecule has 162 valence electrons. The monoisotopic (exact) mass is 401 g/mol. The minimum absolute atomic E-state index is 0.705. The number of hydrogen-bond donors (Lipinski definition) is 1. The van der Waals surface area contributed by atoms with Gasteiger partial charge < -0.3 is 24.8 Å². The molecule has 0 unspecified atom stereocenters. The van der Waals surface area contributed by atoms with Gasteiger partial charge in [-0.2, -0.15) is 0 Å². The van der Waals surface area contributed by atoms with Gasteiger partial charge in [-0.25, -0.2) is 0 Å². The van der Waals surface area contributed by atoms with E-state index in [1.165, 1.54) is 37.2 Å². The first kappa shape index (κ1) is 21.9. The van der Waals surface area contributed by atoms with Crippen molar-refractivity contribution in [1.29, 1.82) is 0 Å². The minimum atomic E-state index is 0.705. The summed E-state index contributed by atoms with van der Waals surface area (Å²) < 4.78 is 5.21. The maximum Gasteiger partial charge on any atom is 0.194 e. The van der Waals surface area contributed by atoms with Crippen molar-refractivity contribution in [3.8, 4) is 0 Å². The van der Waals surface area contributed by atoms with Crippen LogP contribution in [0.4, 0.5) is 5.69 Å². The Bertz CT molecular complexity index is 634. The molecule has 3 rings (SSSR count). The molecule has 2 heterocycles. The number of rotatable bonds is 7. The van der Waals surface area contributed by atoms with Crippen molar-refractivity contribution >= 4 is 11.6 Å². The van der Waals surface area contributed by atoms with Crippen LogP contribution < -0.4 is 10.2 Å². The smallest absolute Gasteiger partial charge is 0.194 e. The van der Waals surface area contributed by atoms with Crippen molar-refractivity contribution in [3.63, 3.8) is 0 Å². The second-order valence-electron chi connectivity index (χ2n) is 8.29. The van der Waals surface area contributed by atoms with Gasteiger partial charge in [0.05, 0.1) is 6.61 Å². The van der Waals surface area contributed by atoms with Gasteiger partial charge in [0.2, 0.25) is 0 Å². The van der Waals surface area contributed by atoms with Crippen LogP contribution in [0.3, 0.4) is 0 Å². The predicted octanol–water partition coefficient (Wildman–Crippen LogP) is 2.44. The van der Waals surface area contributed by atoms with E-state index in [0.717, 1.165) is 58.4 Å². The fourth-order valence-electron chi connectivity index (χ4n) is 4.26. The summed E-state index contributed by atoms with van der Waals surface area (Å²) in [5.74, 6) is 1.80. The molecule has 6 heteroatoms. The third-order valence-corrected chi connectivity index (χ3v) is 6.10. The van der Waals surface area contributed by atoms with Crippen LogP contribution in [0, 0.1) is 12.8 Å². The Balaban J connectivity index is 1.48. The number of guanidine groups is 1. The summed E-state index contributed by atoms with van der Waals surface area (Å²) in [7, 11) is 1.78. The van der Waals surface area contributed by atoms with Crippen LogP contribution >= 0.6 is 0 Å². The third-order valence-electron chi connectivity index (χ3n) is 6.10. The van der Waals surface area contributed by atoms with Gasteiger partial charge in [-0.3, -0.25) is 4.99 Å². The highest BCUT2D eigenvalue weighted by Gasteiger charge is 2.22. The molecule has 2 fully saturated rings. The van der Waals surface area contributed by atoms with Crippen LogP contribution in [0.25, 0.3) is 0 Å². The molecular weight excluding hydrogens is 362 g/mol. The van der Waals surface area contributed by atoms with E-state index in [0.29, 0.717) is 5.92 Å². The largest absolute Gasteiger partial charge is 0.383 e. The van der Waals surface area contributed by atoms with Crippen molar-refractivity contribution in [1.82, 2.24) is 15.1 Å². The highest BCUT2D eigenvalue weighted by molar-refractivity contribution is 5.80. The van der Waals surface area contributed by atoms with E-state index in [1.54, 1.807) is 7.11 Å². The molecule has 6 nitrogen and oxygen atoms in total. The molecule has 1 aromatic rings. The van der Waals surface area contributed by atoms with Crippen molar-refractivity contribution in [2.24, 2.45) is 10.9 Å². The number of nitrogens with one attached hydrogen (secondary N) is 1. The van der Waals surface area contributed by atoms with Gasteiger partial charge in [0.15, 0.2) is 5.96 Å². The van der Waals surface area contributed by atoms with Gasteiger partial charge in [-0.1, -0.05) is 12.1 Å². The fourth-order valence-corrected chi connectivity index (χ4v) is 4.26. The van der Waals surface area contributed by atoms with E-state index in [9.17, 15) is 0 Å². The molecule has 0 radical (unpaired) electrons. The Kier molecular flexibility index (Phi) is 8.62. The maximum atomic E-state index is 5.21. The van der Waals surface area contributed by atoms with Crippen LogP contribution in [0.15, 0.2) is 29.3 Å². The molecule has 0 atom stereocenters. The number of likely N-dealkylation sites (tertiary alicyclic amines) is 1. The van der Waals surface area contributed by atoms with Gasteiger partial charge >= 0.3 is 0 Å². The molecule has 0 bridgehead atoms. The van der Waals surface area contributed by atoms with Gasteiger partial charge in [0.1, 0.15) is 0 Å². The van der Waals surface area contributed by atoms with E-state index in [4.69, 9.17) is 9.73 Å². The summed E-state index contributed by atoms with van der Waals surface area (Å²) in [6, 6.07) is 8.83. The zero-order valence-electron chi connectivity index (χ0n) is 18.6. The number of anilines is 1. The van der Waals surface area contributed by atoms with Crippen molar-refractivity contribution in [2.45, 2.75) is 26.7 Å². The minimum Gasteiger partial charge on any atom is -0.383 e. The average Bonchev–Trinajstić information content (AvgIpc) is 2.76. The van der Waals surface area contributed by atoms with Gasteiger partial charge in [0.25, 0.3) is 0 Å². The van der Waals surface area contributed by atoms with Gasteiger partial charge in [0, 0.05) is 58.6 Å². The van der Waals surface area contributed by atoms with Crippen LogP contribution in [0.1, 0.15) is 25.3 Å². The number of aliphatic imine (C=N–C) groups is 1. The normalized spacial score (nSPS) is 19.6. The standard InChI is InChI=1S/C23H39N5O/c1-4-24-23(25-19-21-8-10-26(11-9-21)16-17-29-3)28-14-12-27(13-15-28)22-7-5-6-20(2)18-22/h5-7,18,21H,4,8-17,19H2,1-3H3,(H,24,25). The molecule has 2 aliphatic heterocycles. The number of benzene rings is 1. The molecular formula is C23H39N5O. The Hall–Kier alpha value is -1.79. The van der Waals surface area contributed by atoms with Crippen LogP contribution in [-0.4, -0.2) is 88.4 Å². The lowest BCUT2D eigenvalue weighted by atomic mass is 9.97. The average molecular weight is 402 g/mol. The van der Waals surface area contributed by atoms with E-state index >= 15 is 0 Å². The molecule has 0 saturated carbocycles. The first-order valence-corrected chi connectivity index (χ1v) is 11.3. The van der Waals surface area contributed by atoms with E-state index < -0.39 is 0 Å². The summed E-state index contributed by atoms with van der Waals surface area (Å²) in [5.41, 5.74) is 2.67. The SMILES string of the molecule is CCNC(=NCC1CCN(CCOC)CC1)N1CCN(c2cccc(C)c2)CC1. The maximum absolute atomic E-state index is 5.21. The highest BCUT2D eigenvalue weighted by atomic mass is 16.5.